The molecule has 8 heteroatoms. The van der Waals surface area contributed by atoms with Crippen LogP contribution in [0.4, 0.5) is 0 Å². The van der Waals surface area contributed by atoms with E-state index in [1.165, 1.54) is 102 Å². The summed E-state index contributed by atoms with van der Waals surface area (Å²) in [5.74, 6) is 0.453. The Labute approximate surface area is 391 Å². The number of unbranched alkanes of at least 4 members (excludes halogenated alkanes) is 16. The highest BCUT2D eigenvalue weighted by Crippen LogP contribution is 2.37. The number of esters is 2. The average Bonchev–Trinajstić information content (AvgIpc) is 3.32. The second kappa shape index (κ2) is 28.5. The second-order valence-corrected chi connectivity index (χ2v) is 17.0. The SMILES string of the molecule is C=CCCCCCCCCCCOc1ccc(-c2ccc(C(=O)Oc3cc(OC(=O)c4ccc(-c5ccc(OCCCCCCCCCCC=C)cc5)cc4)c(Cl)cc3Cl)cc2)cc1. The zero-order chi connectivity index (χ0) is 45.2. The third kappa shape index (κ3) is 17.3. The maximum Gasteiger partial charge on any atom is 0.343 e. The molecule has 0 aliphatic rings. The van der Waals surface area contributed by atoms with Crippen molar-refractivity contribution in [3.05, 3.63) is 156 Å². The predicted molar refractivity (Wildman–Crippen MR) is 265 cm³/mol. The third-order valence-corrected chi connectivity index (χ3v) is 11.7. The first-order chi connectivity index (χ1) is 31.3. The van der Waals surface area contributed by atoms with Crippen LogP contribution in [0.5, 0.6) is 23.0 Å². The van der Waals surface area contributed by atoms with E-state index in [1.54, 1.807) is 24.3 Å². The van der Waals surface area contributed by atoms with E-state index < -0.39 is 11.9 Å². The standard InChI is InChI=1S/C56H64Cl2O6/c1-3-5-7-9-11-13-15-17-19-21-39-61-49-35-31-45(32-36-49)43-23-27-47(28-24-43)55(59)63-53-42-54(52(58)41-51(53)57)64-56(60)48-29-25-44(26-30-48)46-33-37-50(38-34-46)62-40-22-20-18-16-14-12-10-8-6-4-2/h3-4,23-38,41-42H,1-2,5-22,39-40H2. The molecule has 0 atom stereocenters. The van der Waals surface area contributed by atoms with Gasteiger partial charge in [-0.15, -0.1) is 13.2 Å². The first-order valence-corrected chi connectivity index (χ1v) is 23.9. The van der Waals surface area contributed by atoms with Crippen LogP contribution in [0, 0.1) is 0 Å². The van der Waals surface area contributed by atoms with Crippen LogP contribution in [0.1, 0.15) is 136 Å². The van der Waals surface area contributed by atoms with Gasteiger partial charge in [0.2, 0.25) is 0 Å². The Morgan fingerprint density at radius 2 is 0.703 bits per heavy atom. The van der Waals surface area contributed by atoms with Crippen molar-refractivity contribution in [1.82, 2.24) is 0 Å². The lowest BCUT2D eigenvalue weighted by Gasteiger charge is -2.12. The summed E-state index contributed by atoms with van der Waals surface area (Å²) < 4.78 is 23.2. The number of ether oxygens (including phenoxy) is 4. The van der Waals surface area contributed by atoms with Crippen LogP contribution in [-0.2, 0) is 0 Å². The molecular weight excluding hydrogens is 840 g/mol. The molecule has 5 aromatic carbocycles. The highest BCUT2D eigenvalue weighted by atomic mass is 35.5. The first-order valence-electron chi connectivity index (χ1n) is 23.2. The van der Waals surface area contributed by atoms with Gasteiger partial charge in [-0.05, 0) is 115 Å². The summed E-state index contributed by atoms with van der Waals surface area (Å²) in [7, 11) is 0. The molecule has 5 aromatic rings. The molecule has 0 aromatic heterocycles. The Morgan fingerprint density at radius 1 is 0.406 bits per heavy atom. The lowest BCUT2D eigenvalue weighted by atomic mass is 10.0. The van der Waals surface area contributed by atoms with Crippen molar-refractivity contribution in [3.8, 4) is 45.3 Å². The zero-order valence-electron chi connectivity index (χ0n) is 37.3. The van der Waals surface area contributed by atoms with Crippen molar-refractivity contribution in [3.63, 3.8) is 0 Å². The van der Waals surface area contributed by atoms with Gasteiger partial charge in [0.1, 0.15) is 11.5 Å². The van der Waals surface area contributed by atoms with Crippen molar-refractivity contribution in [2.45, 2.75) is 116 Å². The number of carbonyl (C=O) groups is 2. The first kappa shape index (κ1) is 49.7. The van der Waals surface area contributed by atoms with Crippen molar-refractivity contribution in [1.29, 1.82) is 0 Å². The highest BCUT2D eigenvalue weighted by molar-refractivity contribution is 6.36. The maximum absolute atomic E-state index is 13.2. The Balaban J connectivity index is 1.03. The van der Waals surface area contributed by atoms with E-state index in [1.807, 2.05) is 84.9 Å². The van der Waals surface area contributed by atoms with Gasteiger partial charge in [-0.1, -0.05) is 161 Å². The molecule has 0 bridgehead atoms. The van der Waals surface area contributed by atoms with E-state index in [0.29, 0.717) is 24.3 Å². The van der Waals surface area contributed by atoms with Crippen LogP contribution in [0.2, 0.25) is 10.0 Å². The van der Waals surface area contributed by atoms with Gasteiger partial charge in [-0.25, -0.2) is 9.59 Å². The molecule has 64 heavy (non-hydrogen) atoms. The van der Waals surface area contributed by atoms with E-state index in [-0.39, 0.29) is 21.5 Å². The van der Waals surface area contributed by atoms with Crippen LogP contribution < -0.4 is 18.9 Å². The second-order valence-electron chi connectivity index (χ2n) is 16.2. The van der Waals surface area contributed by atoms with Crippen molar-refractivity contribution in [2.24, 2.45) is 0 Å². The van der Waals surface area contributed by atoms with E-state index in [9.17, 15) is 9.59 Å². The van der Waals surface area contributed by atoms with Gasteiger partial charge in [0.25, 0.3) is 0 Å². The number of hydrogen-bond donors (Lipinski definition) is 0. The summed E-state index contributed by atoms with van der Waals surface area (Å²) in [6, 6.07) is 32.8. The Kier molecular flexibility index (Phi) is 22.1. The number of halogens is 2. The average molecular weight is 904 g/mol. The number of benzene rings is 5. The fraction of sp³-hybridized carbons (Fsp3) is 0.357. The summed E-state index contributed by atoms with van der Waals surface area (Å²) in [5.41, 5.74) is 4.52. The van der Waals surface area contributed by atoms with Crippen LogP contribution >= 0.6 is 23.2 Å². The number of hydrogen-bond acceptors (Lipinski definition) is 6. The Morgan fingerprint density at radius 3 is 1.03 bits per heavy atom. The van der Waals surface area contributed by atoms with Crippen LogP contribution in [0.15, 0.2) is 135 Å². The third-order valence-electron chi connectivity index (χ3n) is 11.2. The quantitative estimate of drug-likeness (QED) is 0.0198. The van der Waals surface area contributed by atoms with Gasteiger partial charge in [-0.3, -0.25) is 0 Å². The molecule has 338 valence electrons. The molecule has 6 nitrogen and oxygen atoms in total. The molecule has 0 fully saturated rings. The molecule has 0 N–H and O–H groups in total. The molecule has 0 unspecified atom stereocenters. The summed E-state index contributed by atoms with van der Waals surface area (Å²) in [5, 5.41) is 0.194. The fourth-order valence-electron chi connectivity index (χ4n) is 7.35. The minimum absolute atomic E-state index is 0.0113. The topological polar surface area (TPSA) is 71.1 Å². The molecule has 0 aliphatic heterocycles. The monoisotopic (exact) mass is 902 g/mol. The fourth-order valence-corrected chi connectivity index (χ4v) is 7.81. The Bertz CT molecular complexity index is 2010. The van der Waals surface area contributed by atoms with Gasteiger partial charge < -0.3 is 18.9 Å². The van der Waals surface area contributed by atoms with Gasteiger partial charge in [0.15, 0.2) is 11.5 Å². The van der Waals surface area contributed by atoms with Crippen LogP contribution in [0.3, 0.4) is 0 Å². The van der Waals surface area contributed by atoms with E-state index in [2.05, 4.69) is 13.2 Å². The highest BCUT2D eigenvalue weighted by Gasteiger charge is 2.18. The summed E-state index contributed by atoms with van der Waals surface area (Å²) >= 11 is 12.8. The smallest absolute Gasteiger partial charge is 0.343 e. The molecule has 0 saturated carbocycles. The molecule has 0 saturated heterocycles. The number of carbonyl (C=O) groups excluding carboxylic acids is 2. The molecular formula is C56H64Cl2O6. The van der Waals surface area contributed by atoms with Gasteiger partial charge >= 0.3 is 11.9 Å². The van der Waals surface area contributed by atoms with Crippen molar-refractivity contribution >= 4 is 35.1 Å². The molecule has 5 rings (SSSR count). The normalized spacial score (nSPS) is 10.9. The molecule has 0 aliphatic carbocycles. The maximum atomic E-state index is 13.2. The minimum atomic E-state index is -0.623. The lowest BCUT2D eigenvalue weighted by Crippen LogP contribution is -2.11. The lowest BCUT2D eigenvalue weighted by molar-refractivity contribution is 0.0733. The Hall–Kier alpha value is -5.30. The van der Waals surface area contributed by atoms with Gasteiger partial charge in [0.05, 0.1) is 34.4 Å². The van der Waals surface area contributed by atoms with Crippen LogP contribution in [0.25, 0.3) is 22.3 Å². The largest absolute Gasteiger partial charge is 0.494 e. The van der Waals surface area contributed by atoms with Gasteiger partial charge in [0, 0.05) is 6.07 Å². The zero-order valence-corrected chi connectivity index (χ0v) is 38.8. The van der Waals surface area contributed by atoms with Crippen molar-refractivity contribution in [2.75, 3.05) is 13.2 Å². The van der Waals surface area contributed by atoms with Crippen molar-refractivity contribution < 1.29 is 28.5 Å². The molecule has 0 amide bonds. The predicted octanol–water partition coefficient (Wildman–Crippen LogP) is 16.9. The summed E-state index contributed by atoms with van der Waals surface area (Å²) in [6.07, 6.45) is 26.1. The van der Waals surface area contributed by atoms with E-state index >= 15 is 0 Å². The van der Waals surface area contributed by atoms with E-state index in [4.69, 9.17) is 42.1 Å². The number of rotatable bonds is 30. The summed E-state index contributed by atoms with van der Waals surface area (Å²) in [6.45, 7) is 8.98. The molecule has 0 spiro atoms. The van der Waals surface area contributed by atoms with Crippen LogP contribution in [-0.4, -0.2) is 25.2 Å². The van der Waals surface area contributed by atoms with E-state index in [0.717, 1.165) is 59.4 Å². The molecule has 0 heterocycles. The molecule has 0 radical (unpaired) electrons. The van der Waals surface area contributed by atoms with Gasteiger partial charge in [-0.2, -0.15) is 0 Å². The summed E-state index contributed by atoms with van der Waals surface area (Å²) in [4.78, 5) is 26.4. The minimum Gasteiger partial charge on any atom is -0.494 e. The number of allylic oxidation sites excluding steroid dienone is 2.